The van der Waals surface area contributed by atoms with E-state index in [0.717, 1.165) is 45.3 Å². The second kappa shape index (κ2) is 7.37. The highest BCUT2D eigenvalue weighted by atomic mass is 16.6. The van der Waals surface area contributed by atoms with E-state index in [9.17, 15) is 0 Å². The number of benzene rings is 1. The van der Waals surface area contributed by atoms with Crippen molar-refractivity contribution < 1.29 is 9.47 Å². The molecule has 30 heavy (non-hydrogen) atoms. The van der Waals surface area contributed by atoms with Gasteiger partial charge in [-0.25, -0.2) is 15.0 Å². The molecule has 0 amide bonds. The van der Waals surface area contributed by atoms with E-state index >= 15 is 0 Å². The zero-order valence-corrected chi connectivity index (χ0v) is 17.2. The largest absolute Gasteiger partial charge is 0.486 e. The van der Waals surface area contributed by atoms with Crippen LogP contribution in [0.2, 0.25) is 0 Å². The highest BCUT2D eigenvalue weighted by molar-refractivity contribution is 5.91. The molecule has 0 aliphatic carbocycles. The Kier molecular flexibility index (Phi) is 4.54. The van der Waals surface area contributed by atoms with Crippen LogP contribution in [-0.4, -0.2) is 37.7 Å². The van der Waals surface area contributed by atoms with E-state index in [0.29, 0.717) is 19.1 Å². The standard InChI is InChI=1S/C22H24N6O2/c1-13(2)20(14-4-5-18-19(8-14)30-7-6-29-18)27-22-15-9-16(17-10-23-12-28(17)3)26-21(15)24-11-25-22/h4-5,8-13,20H,6-7H2,1-3H3,(H2,24,25,26,27)/t20-/m1/s1. The fraction of sp³-hybridized carbons (Fsp3) is 0.318. The predicted octanol–water partition coefficient (Wildman–Crippen LogP) is 3.94. The minimum atomic E-state index is 0.0500. The van der Waals surface area contributed by atoms with E-state index in [4.69, 9.17) is 9.47 Å². The zero-order valence-electron chi connectivity index (χ0n) is 17.2. The number of hydrogen-bond acceptors (Lipinski definition) is 6. The predicted molar refractivity (Wildman–Crippen MR) is 115 cm³/mol. The van der Waals surface area contributed by atoms with Crippen LogP contribution in [0.3, 0.4) is 0 Å². The van der Waals surface area contributed by atoms with Crippen molar-refractivity contribution in [2.45, 2.75) is 19.9 Å². The highest BCUT2D eigenvalue weighted by Crippen LogP contribution is 2.36. The second-order valence-corrected chi connectivity index (χ2v) is 7.83. The van der Waals surface area contributed by atoms with Gasteiger partial charge in [0.05, 0.1) is 35.3 Å². The Bertz CT molecular complexity index is 1200. The minimum Gasteiger partial charge on any atom is -0.486 e. The van der Waals surface area contributed by atoms with Crippen LogP contribution in [0, 0.1) is 5.92 Å². The first-order valence-corrected chi connectivity index (χ1v) is 10.1. The van der Waals surface area contributed by atoms with Gasteiger partial charge in [0, 0.05) is 7.05 Å². The third kappa shape index (κ3) is 3.24. The van der Waals surface area contributed by atoms with Crippen molar-refractivity contribution in [2.75, 3.05) is 18.5 Å². The Morgan fingerprint density at radius 1 is 1.10 bits per heavy atom. The number of nitrogens with one attached hydrogen (secondary N) is 2. The number of ether oxygens (including phenoxy) is 2. The molecule has 1 aromatic carbocycles. The topological polar surface area (TPSA) is 89.9 Å². The number of aromatic amines is 1. The molecule has 1 aliphatic rings. The number of aryl methyl sites for hydroxylation is 1. The lowest BCUT2D eigenvalue weighted by atomic mass is 9.95. The molecule has 0 unspecified atom stereocenters. The van der Waals surface area contributed by atoms with Gasteiger partial charge in [-0.2, -0.15) is 0 Å². The average Bonchev–Trinajstić information content (AvgIpc) is 3.37. The maximum Gasteiger partial charge on any atom is 0.161 e. The number of aromatic nitrogens is 5. The molecule has 3 aromatic heterocycles. The van der Waals surface area contributed by atoms with Crippen molar-refractivity contribution in [2.24, 2.45) is 13.0 Å². The molecule has 0 saturated carbocycles. The van der Waals surface area contributed by atoms with Gasteiger partial charge in [0.1, 0.15) is 31.0 Å². The Hall–Kier alpha value is -3.55. The van der Waals surface area contributed by atoms with E-state index < -0.39 is 0 Å². The average molecular weight is 404 g/mol. The Balaban J connectivity index is 1.51. The molecule has 0 spiro atoms. The lowest BCUT2D eigenvalue weighted by Crippen LogP contribution is -2.19. The van der Waals surface area contributed by atoms with Crippen LogP contribution in [0.4, 0.5) is 5.82 Å². The summed E-state index contributed by atoms with van der Waals surface area (Å²) in [6.07, 6.45) is 5.19. The Morgan fingerprint density at radius 2 is 1.93 bits per heavy atom. The van der Waals surface area contributed by atoms with Gasteiger partial charge in [0.15, 0.2) is 11.5 Å². The summed E-state index contributed by atoms with van der Waals surface area (Å²) in [7, 11) is 1.97. The zero-order chi connectivity index (χ0) is 20.7. The first kappa shape index (κ1) is 18.5. The summed E-state index contributed by atoms with van der Waals surface area (Å²) in [5, 5.41) is 4.57. The van der Waals surface area contributed by atoms with Crippen molar-refractivity contribution in [1.29, 1.82) is 0 Å². The second-order valence-electron chi connectivity index (χ2n) is 7.83. The van der Waals surface area contributed by atoms with Gasteiger partial charge in [0.25, 0.3) is 0 Å². The fourth-order valence-corrected chi connectivity index (χ4v) is 3.85. The van der Waals surface area contributed by atoms with Crippen molar-refractivity contribution in [3.63, 3.8) is 0 Å². The number of rotatable bonds is 5. The summed E-state index contributed by atoms with van der Waals surface area (Å²) in [5.74, 6) is 2.70. The van der Waals surface area contributed by atoms with Crippen LogP contribution in [0.15, 0.2) is 43.1 Å². The van der Waals surface area contributed by atoms with E-state index in [2.05, 4.69) is 57.3 Å². The van der Waals surface area contributed by atoms with Crippen LogP contribution in [0.1, 0.15) is 25.5 Å². The van der Waals surface area contributed by atoms with Crippen molar-refractivity contribution in [3.8, 4) is 22.9 Å². The molecule has 0 saturated heterocycles. The monoisotopic (exact) mass is 404 g/mol. The number of H-pyrrole nitrogens is 1. The van der Waals surface area contributed by atoms with E-state index in [1.54, 1.807) is 12.7 Å². The molecule has 154 valence electrons. The molecule has 0 radical (unpaired) electrons. The number of fused-ring (bicyclic) bond motifs is 2. The van der Waals surface area contributed by atoms with Crippen molar-refractivity contribution >= 4 is 16.9 Å². The van der Waals surface area contributed by atoms with Gasteiger partial charge in [-0.05, 0) is 29.7 Å². The third-order valence-corrected chi connectivity index (χ3v) is 5.40. The summed E-state index contributed by atoms with van der Waals surface area (Å²) in [6, 6.07) is 8.24. The maximum atomic E-state index is 5.78. The summed E-state index contributed by atoms with van der Waals surface area (Å²) in [4.78, 5) is 16.5. The maximum absolute atomic E-state index is 5.78. The molecular formula is C22H24N6O2. The van der Waals surface area contributed by atoms with Gasteiger partial charge >= 0.3 is 0 Å². The fourth-order valence-electron chi connectivity index (χ4n) is 3.85. The molecule has 2 N–H and O–H groups in total. The summed E-state index contributed by atoms with van der Waals surface area (Å²) in [5.41, 5.74) is 3.86. The van der Waals surface area contributed by atoms with E-state index in [-0.39, 0.29) is 6.04 Å². The summed E-state index contributed by atoms with van der Waals surface area (Å²) in [6.45, 7) is 5.53. The Labute approximate surface area is 174 Å². The van der Waals surface area contributed by atoms with Crippen LogP contribution in [0.5, 0.6) is 11.5 Å². The molecule has 8 heteroatoms. The lowest BCUT2D eigenvalue weighted by Gasteiger charge is -2.26. The lowest BCUT2D eigenvalue weighted by molar-refractivity contribution is 0.171. The molecule has 4 heterocycles. The molecule has 1 aliphatic heterocycles. The SMILES string of the molecule is CC(C)[C@@H](Nc1ncnc2[nH]c(-c3cncn3C)cc12)c1ccc2c(c1)OCCO2. The van der Waals surface area contributed by atoms with Gasteiger partial charge in [-0.15, -0.1) is 0 Å². The van der Waals surface area contributed by atoms with Crippen LogP contribution in [-0.2, 0) is 7.05 Å². The van der Waals surface area contributed by atoms with Gasteiger partial charge < -0.3 is 24.3 Å². The quantitative estimate of drug-likeness (QED) is 0.524. The normalized spacial score (nSPS) is 14.3. The van der Waals surface area contributed by atoms with Crippen LogP contribution in [0.25, 0.3) is 22.4 Å². The third-order valence-electron chi connectivity index (χ3n) is 5.40. The first-order chi connectivity index (χ1) is 14.6. The molecule has 4 aromatic rings. The molecule has 5 rings (SSSR count). The number of hydrogen-bond donors (Lipinski definition) is 2. The highest BCUT2D eigenvalue weighted by Gasteiger charge is 2.21. The summed E-state index contributed by atoms with van der Waals surface area (Å²) < 4.78 is 13.4. The molecular weight excluding hydrogens is 380 g/mol. The number of nitrogens with zero attached hydrogens (tertiary/aromatic N) is 4. The molecule has 0 bridgehead atoms. The first-order valence-electron chi connectivity index (χ1n) is 10.1. The molecule has 1 atom stereocenters. The number of anilines is 1. The van der Waals surface area contributed by atoms with E-state index in [1.165, 1.54) is 0 Å². The van der Waals surface area contributed by atoms with Crippen molar-refractivity contribution in [3.05, 3.63) is 48.7 Å². The van der Waals surface area contributed by atoms with Gasteiger partial charge in [0.2, 0.25) is 0 Å². The minimum absolute atomic E-state index is 0.0500. The smallest absolute Gasteiger partial charge is 0.161 e. The summed E-state index contributed by atoms with van der Waals surface area (Å²) >= 11 is 0. The molecule has 8 nitrogen and oxygen atoms in total. The molecule has 0 fully saturated rings. The van der Waals surface area contributed by atoms with E-state index in [1.807, 2.05) is 23.9 Å². The number of imidazole rings is 1. The van der Waals surface area contributed by atoms with Crippen molar-refractivity contribution in [1.82, 2.24) is 24.5 Å². The Morgan fingerprint density at radius 3 is 2.70 bits per heavy atom. The van der Waals surface area contributed by atoms with Gasteiger partial charge in [-0.1, -0.05) is 19.9 Å². The van der Waals surface area contributed by atoms with Crippen LogP contribution >= 0.6 is 0 Å². The van der Waals surface area contributed by atoms with Gasteiger partial charge in [-0.3, -0.25) is 0 Å². The van der Waals surface area contributed by atoms with Crippen LogP contribution < -0.4 is 14.8 Å².